The molecule has 1 saturated carbocycles. The summed E-state index contributed by atoms with van der Waals surface area (Å²) in [5.41, 5.74) is 0.714. The summed E-state index contributed by atoms with van der Waals surface area (Å²) in [7, 11) is -2.35. The number of nitrogens with zero attached hydrogens (tertiary/aromatic N) is 3. The Hall–Kier alpha value is -2.73. The topological polar surface area (TPSA) is 138 Å². The van der Waals surface area contributed by atoms with Crippen LogP contribution in [0.15, 0.2) is 24.5 Å². The lowest BCUT2D eigenvalue weighted by atomic mass is 9.96. The van der Waals surface area contributed by atoms with Crippen molar-refractivity contribution in [2.75, 3.05) is 33.0 Å². The number of hydrogen-bond donors (Lipinski definition) is 2. The van der Waals surface area contributed by atoms with E-state index in [2.05, 4.69) is 15.6 Å². The van der Waals surface area contributed by atoms with Crippen LogP contribution >= 0.6 is 0 Å². The molecule has 1 saturated heterocycles. The molecule has 1 aliphatic heterocycles. The largest absolute Gasteiger partial charge is 0.467 e. The Labute approximate surface area is 200 Å². The first-order valence-electron chi connectivity index (χ1n) is 11.5. The minimum absolute atomic E-state index is 0.0336. The van der Waals surface area contributed by atoms with Gasteiger partial charge in [-0.15, -0.1) is 0 Å². The van der Waals surface area contributed by atoms with Crippen LogP contribution in [0.5, 0.6) is 0 Å². The van der Waals surface area contributed by atoms with E-state index in [1.165, 1.54) is 16.3 Å². The first-order chi connectivity index (χ1) is 16.2. The Balaban J connectivity index is 1.77. The maximum absolute atomic E-state index is 13.3. The zero-order valence-electron chi connectivity index (χ0n) is 19.6. The maximum atomic E-state index is 13.3. The fraction of sp³-hybridized carbons (Fsp3) is 0.636. The summed E-state index contributed by atoms with van der Waals surface area (Å²) in [4.78, 5) is 44.2. The summed E-state index contributed by atoms with van der Waals surface area (Å²) < 4.78 is 30.3. The number of aromatic nitrogens is 1. The molecule has 0 radical (unpaired) electrons. The minimum Gasteiger partial charge on any atom is -0.467 e. The fourth-order valence-electron chi connectivity index (χ4n) is 4.39. The summed E-state index contributed by atoms with van der Waals surface area (Å²) >= 11 is 0. The van der Waals surface area contributed by atoms with Gasteiger partial charge < -0.3 is 20.3 Å². The SMILES string of the molecule is COC(=O)C(Cc1cccnc1)NC(=O)C1CN(S(C)(=O)=O)CCN1C(=O)NC1CCCCC1. The van der Waals surface area contributed by atoms with Crippen LogP contribution in [0, 0.1) is 0 Å². The highest BCUT2D eigenvalue weighted by molar-refractivity contribution is 7.88. The van der Waals surface area contributed by atoms with E-state index in [0.717, 1.165) is 38.4 Å². The van der Waals surface area contributed by atoms with Crippen LogP contribution in [-0.2, 0) is 30.8 Å². The average Bonchev–Trinajstić information content (AvgIpc) is 2.83. The molecule has 3 amide bonds. The van der Waals surface area contributed by atoms with E-state index in [-0.39, 0.29) is 32.1 Å². The number of methoxy groups -OCH3 is 1. The van der Waals surface area contributed by atoms with Crippen LogP contribution in [0.3, 0.4) is 0 Å². The van der Waals surface area contributed by atoms with E-state index in [4.69, 9.17) is 4.74 Å². The van der Waals surface area contributed by atoms with E-state index in [1.54, 1.807) is 24.5 Å². The van der Waals surface area contributed by atoms with Gasteiger partial charge in [-0.25, -0.2) is 18.0 Å². The van der Waals surface area contributed by atoms with Crippen LogP contribution in [-0.4, -0.2) is 91.6 Å². The molecule has 0 bridgehead atoms. The standard InChI is InChI=1S/C22H33N5O6S/c1-33-21(29)18(13-16-7-6-10-23-14-16)25-20(28)19-15-26(34(2,31)32)11-12-27(19)22(30)24-17-8-4-3-5-9-17/h6-7,10,14,17-19H,3-5,8-9,11-13,15H2,1-2H3,(H,24,30)(H,25,28). The van der Waals surface area contributed by atoms with Gasteiger partial charge in [0.05, 0.1) is 13.4 Å². The van der Waals surface area contributed by atoms with Gasteiger partial charge in [-0.2, -0.15) is 4.31 Å². The number of nitrogens with one attached hydrogen (secondary N) is 2. The van der Waals surface area contributed by atoms with Gasteiger partial charge in [0.1, 0.15) is 12.1 Å². The lowest BCUT2D eigenvalue weighted by Crippen LogP contribution is -2.64. The number of carbonyl (C=O) groups excluding carboxylic acids is 3. The molecule has 1 aromatic heterocycles. The third kappa shape index (κ3) is 6.89. The van der Waals surface area contributed by atoms with Crippen LogP contribution in [0.2, 0.25) is 0 Å². The zero-order valence-corrected chi connectivity index (χ0v) is 20.4. The number of piperazine rings is 1. The Bertz CT molecular complexity index is 967. The first kappa shape index (κ1) is 25.9. The highest BCUT2D eigenvalue weighted by Crippen LogP contribution is 2.19. The van der Waals surface area contributed by atoms with Gasteiger partial charge in [0.25, 0.3) is 0 Å². The predicted octanol–water partition coefficient (Wildman–Crippen LogP) is 0.270. The second kappa shape index (κ2) is 11.6. The lowest BCUT2D eigenvalue weighted by Gasteiger charge is -2.40. The van der Waals surface area contributed by atoms with Gasteiger partial charge in [0.15, 0.2) is 0 Å². The van der Waals surface area contributed by atoms with Gasteiger partial charge in [0, 0.05) is 44.5 Å². The summed E-state index contributed by atoms with van der Waals surface area (Å²) in [5.74, 6) is -1.27. The van der Waals surface area contributed by atoms with Crippen LogP contribution in [0.1, 0.15) is 37.7 Å². The first-order valence-corrected chi connectivity index (χ1v) is 13.3. The smallest absolute Gasteiger partial charge is 0.328 e. The Morgan fingerprint density at radius 2 is 1.94 bits per heavy atom. The number of ether oxygens (including phenoxy) is 1. The summed E-state index contributed by atoms with van der Waals surface area (Å²) in [6, 6.07) is 1.01. The van der Waals surface area contributed by atoms with Crippen LogP contribution in [0.4, 0.5) is 4.79 Å². The van der Waals surface area contributed by atoms with Crippen molar-refractivity contribution in [3.63, 3.8) is 0 Å². The highest BCUT2D eigenvalue weighted by Gasteiger charge is 2.40. The Kier molecular flexibility index (Phi) is 8.84. The fourth-order valence-corrected chi connectivity index (χ4v) is 5.21. The summed E-state index contributed by atoms with van der Waals surface area (Å²) in [6.45, 7) is -0.0322. The number of amides is 3. The van der Waals surface area contributed by atoms with Crippen molar-refractivity contribution >= 4 is 27.9 Å². The van der Waals surface area contributed by atoms with Gasteiger partial charge >= 0.3 is 12.0 Å². The van der Waals surface area contributed by atoms with E-state index < -0.39 is 40.0 Å². The van der Waals surface area contributed by atoms with Crippen molar-refractivity contribution in [3.05, 3.63) is 30.1 Å². The Morgan fingerprint density at radius 3 is 2.56 bits per heavy atom. The van der Waals surface area contributed by atoms with Crippen molar-refractivity contribution in [2.45, 2.75) is 56.7 Å². The van der Waals surface area contributed by atoms with Crippen molar-refractivity contribution in [2.24, 2.45) is 0 Å². The second-order valence-corrected chi connectivity index (χ2v) is 10.7. The molecule has 3 rings (SSSR count). The number of sulfonamides is 1. The molecule has 2 unspecified atom stereocenters. The molecule has 34 heavy (non-hydrogen) atoms. The predicted molar refractivity (Wildman–Crippen MR) is 124 cm³/mol. The van der Waals surface area contributed by atoms with Crippen LogP contribution < -0.4 is 10.6 Å². The average molecular weight is 496 g/mol. The third-order valence-corrected chi connectivity index (χ3v) is 7.54. The van der Waals surface area contributed by atoms with E-state index in [9.17, 15) is 22.8 Å². The molecule has 2 N–H and O–H groups in total. The van der Waals surface area contributed by atoms with Gasteiger partial charge in [-0.1, -0.05) is 25.3 Å². The number of rotatable bonds is 7. The van der Waals surface area contributed by atoms with Crippen molar-refractivity contribution in [1.29, 1.82) is 0 Å². The molecule has 2 atom stereocenters. The molecule has 2 aliphatic rings. The highest BCUT2D eigenvalue weighted by atomic mass is 32.2. The van der Waals surface area contributed by atoms with Gasteiger partial charge in [0.2, 0.25) is 15.9 Å². The minimum atomic E-state index is -3.57. The Morgan fingerprint density at radius 1 is 1.21 bits per heavy atom. The van der Waals surface area contributed by atoms with Gasteiger partial charge in [-0.3, -0.25) is 9.78 Å². The molecule has 2 heterocycles. The monoisotopic (exact) mass is 495 g/mol. The quantitative estimate of drug-likeness (QED) is 0.518. The third-order valence-electron chi connectivity index (χ3n) is 6.27. The molecule has 188 valence electrons. The number of urea groups is 1. The van der Waals surface area contributed by atoms with E-state index in [0.29, 0.717) is 5.56 Å². The molecular weight excluding hydrogens is 462 g/mol. The molecule has 2 fully saturated rings. The summed E-state index contributed by atoms with van der Waals surface area (Å²) in [5, 5.41) is 5.66. The molecule has 1 aliphatic carbocycles. The molecule has 1 aromatic rings. The van der Waals surface area contributed by atoms with E-state index in [1.807, 2.05) is 0 Å². The zero-order chi connectivity index (χ0) is 24.7. The summed E-state index contributed by atoms with van der Waals surface area (Å²) in [6.07, 6.45) is 9.34. The second-order valence-electron chi connectivity index (χ2n) is 8.76. The van der Waals surface area contributed by atoms with Crippen LogP contribution in [0.25, 0.3) is 0 Å². The molecule has 11 nitrogen and oxygen atoms in total. The van der Waals surface area contributed by atoms with Crippen molar-refractivity contribution in [1.82, 2.24) is 24.8 Å². The number of hydrogen-bond acceptors (Lipinski definition) is 7. The van der Waals surface area contributed by atoms with E-state index >= 15 is 0 Å². The van der Waals surface area contributed by atoms with Crippen molar-refractivity contribution < 1.29 is 27.5 Å². The molecule has 12 heteroatoms. The normalized spacial score (nSPS) is 20.9. The maximum Gasteiger partial charge on any atom is 0.328 e. The number of carbonyl (C=O) groups is 3. The molecular formula is C22H33N5O6S. The number of pyridine rings is 1. The lowest BCUT2D eigenvalue weighted by molar-refractivity contribution is -0.145. The van der Waals surface area contributed by atoms with Crippen molar-refractivity contribution in [3.8, 4) is 0 Å². The molecule has 0 aromatic carbocycles. The number of esters is 1. The molecule has 0 spiro atoms. The van der Waals surface area contributed by atoms with Gasteiger partial charge in [-0.05, 0) is 24.5 Å².